The van der Waals surface area contributed by atoms with Gasteiger partial charge in [0, 0.05) is 6.54 Å². The lowest BCUT2D eigenvalue weighted by Crippen LogP contribution is -2.41. The van der Waals surface area contributed by atoms with Crippen LogP contribution in [0.4, 0.5) is 13.2 Å². The van der Waals surface area contributed by atoms with Gasteiger partial charge in [0.1, 0.15) is 11.8 Å². The van der Waals surface area contributed by atoms with Gasteiger partial charge < -0.3 is 9.47 Å². The molecule has 2 rings (SSSR count). The molecule has 0 saturated heterocycles. The van der Waals surface area contributed by atoms with Crippen molar-refractivity contribution in [2.24, 2.45) is 0 Å². The van der Waals surface area contributed by atoms with Crippen molar-refractivity contribution in [3.8, 4) is 5.75 Å². The zero-order valence-corrected chi connectivity index (χ0v) is 21.2. The molecule has 0 radical (unpaired) electrons. The van der Waals surface area contributed by atoms with Crippen LogP contribution >= 0.6 is 0 Å². The van der Waals surface area contributed by atoms with E-state index in [-0.39, 0.29) is 35.8 Å². The minimum atomic E-state index is -4.93. The standard InChI is InChI=1S/C22H27F3N2O7S2/c1-3-33-21(28)20(6-4-5-15-26-35(29,30)18-11-7-16(2)8-12-18)27-36(31,32)19-13-9-17(10-14-19)34-22(23,24)25/h7-14,20,26-27H,3-6,15H2,1-2H3. The fourth-order valence-electron chi connectivity index (χ4n) is 3.02. The molecule has 0 saturated carbocycles. The molecule has 1 atom stereocenters. The topological polar surface area (TPSA) is 128 Å². The van der Waals surface area contributed by atoms with Gasteiger partial charge in [0.05, 0.1) is 16.4 Å². The number of sulfonamides is 2. The van der Waals surface area contributed by atoms with E-state index in [1.54, 1.807) is 19.1 Å². The second-order valence-electron chi connectivity index (χ2n) is 7.65. The van der Waals surface area contributed by atoms with Crippen LogP contribution in [0.25, 0.3) is 0 Å². The summed E-state index contributed by atoms with van der Waals surface area (Å²) < 4.78 is 100. The van der Waals surface area contributed by atoms with Crippen LogP contribution in [0.3, 0.4) is 0 Å². The van der Waals surface area contributed by atoms with Crippen LogP contribution in [-0.2, 0) is 29.6 Å². The largest absolute Gasteiger partial charge is 0.573 e. The van der Waals surface area contributed by atoms with Gasteiger partial charge in [-0.2, -0.15) is 4.72 Å². The molecule has 0 aromatic heterocycles. The zero-order valence-electron chi connectivity index (χ0n) is 19.5. The molecule has 0 aliphatic heterocycles. The highest BCUT2D eigenvalue weighted by Crippen LogP contribution is 2.24. The summed E-state index contributed by atoms with van der Waals surface area (Å²) in [5, 5.41) is 0. The summed E-state index contributed by atoms with van der Waals surface area (Å²) in [7, 11) is -8.00. The number of carbonyl (C=O) groups is 1. The van der Waals surface area contributed by atoms with Crippen LogP contribution in [0.15, 0.2) is 58.3 Å². The van der Waals surface area contributed by atoms with Gasteiger partial charge in [-0.1, -0.05) is 17.7 Å². The first-order valence-corrected chi connectivity index (χ1v) is 13.8. The maximum atomic E-state index is 12.7. The van der Waals surface area contributed by atoms with Crippen molar-refractivity contribution in [1.82, 2.24) is 9.44 Å². The van der Waals surface area contributed by atoms with Gasteiger partial charge in [0.25, 0.3) is 0 Å². The van der Waals surface area contributed by atoms with E-state index < -0.39 is 44.2 Å². The number of halogens is 3. The van der Waals surface area contributed by atoms with Crippen LogP contribution in [0.2, 0.25) is 0 Å². The Morgan fingerprint density at radius 3 is 2.03 bits per heavy atom. The number of alkyl halides is 3. The fraction of sp³-hybridized carbons (Fsp3) is 0.409. The number of esters is 1. The van der Waals surface area contributed by atoms with Gasteiger partial charge >= 0.3 is 12.3 Å². The van der Waals surface area contributed by atoms with Gasteiger partial charge in [-0.15, -0.1) is 13.2 Å². The average molecular weight is 553 g/mol. The third-order valence-corrected chi connectivity index (χ3v) is 7.74. The summed E-state index contributed by atoms with van der Waals surface area (Å²) in [6, 6.07) is 8.49. The summed E-state index contributed by atoms with van der Waals surface area (Å²) in [6.45, 7) is 3.42. The van der Waals surface area contributed by atoms with E-state index in [0.717, 1.165) is 29.8 Å². The van der Waals surface area contributed by atoms with E-state index in [9.17, 15) is 34.8 Å². The maximum Gasteiger partial charge on any atom is 0.573 e. The summed E-state index contributed by atoms with van der Waals surface area (Å²) in [4.78, 5) is 12.0. The Kier molecular flexibility index (Phi) is 10.3. The van der Waals surface area contributed by atoms with Crippen LogP contribution in [0, 0.1) is 6.92 Å². The highest BCUT2D eigenvalue weighted by molar-refractivity contribution is 7.89. The molecule has 0 aliphatic rings. The van der Waals surface area contributed by atoms with Gasteiger partial charge in [-0.3, -0.25) is 4.79 Å². The molecule has 9 nitrogen and oxygen atoms in total. The minimum Gasteiger partial charge on any atom is -0.465 e. The predicted octanol–water partition coefficient (Wildman–Crippen LogP) is 3.25. The number of hydrogen-bond acceptors (Lipinski definition) is 7. The summed E-state index contributed by atoms with van der Waals surface area (Å²) >= 11 is 0. The van der Waals surface area contributed by atoms with Crippen molar-refractivity contribution in [2.45, 2.75) is 55.3 Å². The molecule has 0 bridgehead atoms. The van der Waals surface area contributed by atoms with Crippen molar-refractivity contribution in [3.63, 3.8) is 0 Å². The first-order chi connectivity index (χ1) is 16.7. The Morgan fingerprint density at radius 2 is 1.47 bits per heavy atom. The number of carbonyl (C=O) groups excluding carboxylic acids is 1. The van der Waals surface area contributed by atoms with E-state index in [0.29, 0.717) is 6.42 Å². The van der Waals surface area contributed by atoms with E-state index in [4.69, 9.17) is 4.74 Å². The van der Waals surface area contributed by atoms with Gasteiger partial charge in [0.15, 0.2) is 0 Å². The second kappa shape index (κ2) is 12.5. The van der Waals surface area contributed by atoms with Gasteiger partial charge in [-0.25, -0.2) is 21.6 Å². The molecular weight excluding hydrogens is 525 g/mol. The number of unbranched alkanes of at least 4 members (excludes halogenated alkanes) is 1. The molecule has 1 unspecified atom stereocenters. The summed E-state index contributed by atoms with van der Waals surface area (Å²) in [5.74, 6) is -1.44. The van der Waals surface area contributed by atoms with Crippen LogP contribution in [0.1, 0.15) is 31.7 Å². The number of aryl methyl sites for hydroxylation is 1. The molecule has 0 amide bonds. The van der Waals surface area contributed by atoms with Crippen molar-refractivity contribution in [3.05, 3.63) is 54.1 Å². The first-order valence-electron chi connectivity index (χ1n) is 10.8. The third kappa shape index (κ3) is 9.41. The zero-order chi connectivity index (χ0) is 27.0. The Morgan fingerprint density at radius 1 is 0.917 bits per heavy atom. The van der Waals surface area contributed by atoms with Crippen molar-refractivity contribution >= 4 is 26.0 Å². The SMILES string of the molecule is CCOC(=O)C(CCCCNS(=O)(=O)c1ccc(C)cc1)NS(=O)(=O)c1ccc(OC(F)(F)F)cc1. The highest BCUT2D eigenvalue weighted by Gasteiger charge is 2.31. The summed E-state index contributed by atoms with van der Waals surface area (Å²) in [5.41, 5.74) is 0.909. The van der Waals surface area contributed by atoms with Crippen LogP contribution < -0.4 is 14.2 Å². The monoisotopic (exact) mass is 552 g/mol. The Labute approximate surface area is 208 Å². The maximum absolute atomic E-state index is 12.7. The van der Waals surface area contributed by atoms with E-state index >= 15 is 0 Å². The first kappa shape index (κ1) is 29.5. The second-order valence-corrected chi connectivity index (χ2v) is 11.1. The van der Waals surface area contributed by atoms with E-state index in [2.05, 4.69) is 14.2 Å². The predicted molar refractivity (Wildman–Crippen MR) is 124 cm³/mol. The van der Waals surface area contributed by atoms with Crippen LogP contribution in [0.5, 0.6) is 5.75 Å². The molecule has 200 valence electrons. The Balaban J connectivity index is 1.97. The van der Waals surface area contributed by atoms with E-state index in [1.807, 2.05) is 6.92 Å². The lowest BCUT2D eigenvalue weighted by molar-refractivity contribution is -0.274. The number of rotatable bonds is 13. The fourth-order valence-corrected chi connectivity index (χ4v) is 5.32. The molecule has 2 aromatic carbocycles. The van der Waals surface area contributed by atoms with Gasteiger partial charge in [-0.05, 0) is 69.5 Å². The molecule has 0 aliphatic carbocycles. The van der Waals surface area contributed by atoms with Gasteiger partial charge in [0.2, 0.25) is 20.0 Å². The van der Waals surface area contributed by atoms with Crippen molar-refractivity contribution in [2.75, 3.05) is 13.2 Å². The Hall–Kier alpha value is -2.68. The minimum absolute atomic E-state index is 0.000406. The molecule has 2 aromatic rings. The normalized spacial score (nSPS) is 13.2. The highest BCUT2D eigenvalue weighted by atomic mass is 32.2. The molecule has 0 heterocycles. The molecule has 14 heteroatoms. The number of ether oxygens (including phenoxy) is 2. The average Bonchev–Trinajstić information content (AvgIpc) is 2.77. The number of hydrogen-bond donors (Lipinski definition) is 2. The molecular formula is C22H27F3N2O7S2. The lowest BCUT2D eigenvalue weighted by atomic mass is 10.1. The van der Waals surface area contributed by atoms with Crippen LogP contribution in [-0.4, -0.2) is 48.4 Å². The molecule has 0 fully saturated rings. The number of nitrogens with one attached hydrogen (secondary N) is 2. The molecule has 36 heavy (non-hydrogen) atoms. The summed E-state index contributed by atoms with van der Waals surface area (Å²) in [6.07, 6.45) is -4.37. The van der Waals surface area contributed by atoms with Crippen molar-refractivity contribution < 1.29 is 44.3 Å². The van der Waals surface area contributed by atoms with E-state index in [1.165, 1.54) is 12.1 Å². The lowest BCUT2D eigenvalue weighted by Gasteiger charge is -2.18. The Bertz CT molecular complexity index is 1220. The third-order valence-electron chi connectivity index (χ3n) is 4.78. The quantitative estimate of drug-likeness (QED) is 0.288. The molecule has 2 N–H and O–H groups in total. The number of benzene rings is 2. The molecule has 0 spiro atoms. The smallest absolute Gasteiger partial charge is 0.465 e. The van der Waals surface area contributed by atoms with Crippen molar-refractivity contribution in [1.29, 1.82) is 0 Å².